The molecule has 0 aliphatic carbocycles. The minimum atomic E-state index is -0.621. The summed E-state index contributed by atoms with van der Waals surface area (Å²) in [5.41, 5.74) is 2.60. The van der Waals surface area contributed by atoms with Gasteiger partial charge in [0.15, 0.2) is 0 Å². The number of rotatable bonds is 3. The van der Waals surface area contributed by atoms with Crippen LogP contribution in [0, 0.1) is 0 Å². The molecule has 0 aromatic heterocycles. The summed E-state index contributed by atoms with van der Waals surface area (Å²) in [6, 6.07) is 6.51. The van der Waals surface area contributed by atoms with E-state index in [-0.39, 0.29) is 5.54 Å². The lowest BCUT2D eigenvalue weighted by Gasteiger charge is -2.29. The van der Waals surface area contributed by atoms with Gasteiger partial charge in [0.2, 0.25) is 0 Å². The molecule has 0 radical (unpaired) electrons. The maximum absolute atomic E-state index is 11.4. The van der Waals surface area contributed by atoms with Crippen molar-refractivity contribution in [3.8, 4) is 0 Å². The van der Waals surface area contributed by atoms with Crippen LogP contribution in [0.2, 0.25) is 0 Å². The lowest BCUT2D eigenvalue weighted by Crippen LogP contribution is -2.37. The molecule has 0 bridgehead atoms. The Morgan fingerprint density at radius 3 is 2.50 bits per heavy atom. The van der Waals surface area contributed by atoms with Gasteiger partial charge >= 0.3 is 0 Å². The Bertz CT molecular complexity index is 489. The second-order valence-electron chi connectivity index (χ2n) is 6.21. The van der Waals surface area contributed by atoms with Gasteiger partial charge in [-0.3, -0.25) is 4.21 Å². The number of anilines is 1. The third kappa shape index (κ3) is 4.57. The predicted octanol–water partition coefficient (Wildman–Crippen LogP) is 2.91. The number of hydrogen-bond donors (Lipinski definition) is 1. The number of nitrogens with zero attached hydrogens (tertiary/aromatic N) is 1. The minimum Gasteiger partial charge on any atom is -0.370 e. The first kappa shape index (κ1) is 16.0. The van der Waals surface area contributed by atoms with Gasteiger partial charge in [-0.1, -0.05) is 22.0 Å². The molecule has 2 rings (SSSR count). The second-order valence-corrected chi connectivity index (χ2v) is 8.76. The summed E-state index contributed by atoms with van der Waals surface area (Å²) in [6.07, 6.45) is 0. The van der Waals surface area contributed by atoms with Crippen molar-refractivity contribution < 1.29 is 4.21 Å². The van der Waals surface area contributed by atoms with Gasteiger partial charge in [0.05, 0.1) is 0 Å². The van der Waals surface area contributed by atoms with Crippen LogP contribution < -0.4 is 10.2 Å². The topological polar surface area (TPSA) is 32.3 Å². The number of halogens is 1. The molecule has 1 heterocycles. The summed E-state index contributed by atoms with van der Waals surface area (Å²) >= 11 is 3.67. The number of hydrogen-bond acceptors (Lipinski definition) is 3. The zero-order valence-electron chi connectivity index (χ0n) is 12.4. The summed E-state index contributed by atoms with van der Waals surface area (Å²) < 4.78 is 12.5. The Balaban J connectivity index is 2.04. The van der Waals surface area contributed by atoms with E-state index in [0.29, 0.717) is 0 Å². The zero-order valence-corrected chi connectivity index (χ0v) is 14.8. The molecule has 1 fully saturated rings. The van der Waals surface area contributed by atoms with Crippen LogP contribution >= 0.6 is 15.9 Å². The highest BCUT2D eigenvalue weighted by atomic mass is 79.9. The van der Waals surface area contributed by atoms with Crippen molar-refractivity contribution in [1.82, 2.24) is 5.32 Å². The Labute approximate surface area is 132 Å². The van der Waals surface area contributed by atoms with Gasteiger partial charge in [0.25, 0.3) is 0 Å². The average Bonchev–Trinajstić information content (AvgIpc) is 2.37. The Morgan fingerprint density at radius 1 is 1.30 bits per heavy atom. The molecular weight excluding hydrogens is 336 g/mol. The summed E-state index contributed by atoms with van der Waals surface area (Å²) in [7, 11) is -0.621. The van der Waals surface area contributed by atoms with Crippen LogP contribution in [0.15, 0.2) is 22.7 Å². The summed E-state index contributed by atoms with van der Waals surface area (Å²) in [6.45, 7) is 9.14. The van der Waals surface area contributed by atoms with E-state index in [0.717, 1.165) is 35.6 Å². The quantitative estimate of drug-likeness (QED) is 0.901. The molecule has 5 heteroatoms. The number of nitrogens with one attached hydrogen (secondary N) is 1. The van der Waals surface area contributed by atoms with E-state index >= 15 is 0 Å². The Kier molecular flexibility index (Phi) is 5.26. The van der Waals surface area contributed by atoms with Crippen LogP contribution in [0.1, 0.15) is 26.3 Å². The first-order valence-corrected chi connectivity index (χ1v) is 9.27. The van der Waals surface area contributed by atoms with E-state index < -0.39 is 10.8 Å². The average molecular weight is 359 g/mol. The molecule has 0 atom stereocenters. The summed E-state index contributed by atoms with van der Waals surface area (Å²) in [5, 5.41) is 3.50. The third-order valence-corrected chi connectivity index (χ3v) is 5.40. The molecule has 1 aliphatic heterocycles. The second kappa shape index (κ2) is 6.58. The van der Waals surface area contributed by atoms with E-state index in [1.165, 1.54) is 11.3 Å². The van der Waals surface area contributed by atoms with Gasteiger partial charge in [-0.15, -0.1) is 0 Å². The van der Waals surface area contributed by atoms with Crippen LogP contribution in [0.3, 0.4) is 0 Å². The molecule has 0 unspecified atom stereocenters. The molecule has 20 heavy (non-hydrogen) atoms. The maximum Gasteiger partial charge on any atom is 0.0411 e. The maximum atomic E-state index is 11.4. The SMILES string of the molecule is CC(C)(C)NCc1ccc(N2CCS(=O)CC2)cc1Br. The van der Waals surface area contributed by atoms with Gasteiger partial charge in [0, 0.05) is 57.6 Å². The van der Waals surface area contributed by atoms with Crippen molar-refractivity contribution in [1.29, 1.82) is 0 Å². The lowest BCUT2D eigenvalue weighted by atomic mass is 10.1. The summed E-state index contributed by atoms with van der Waals surface area (Å²) in [5.74, 6) is 1.57. The van der Waals surface area contributed by atoms with Gasteiger partial charge in [-0.05, 0) is 38.5 Å². The highest BCUT2D eigenvalue weighted by Gasteiger charge is 2.16. The molecule has 1 aromatic rings. The minimum absolute atomic E-state index is 0.120. The van der Waals surface area contributed by atoms with Crippen LogP contribution in [0.5, 0.6) is 0 Å². The Hall–Kier alpha value is -0.390. The van der Waals surface area contributed by atoms with Gasteiger partial charge in [0.1, 0.15) is 0 Å². The molecule has 0 spiro atoms. The predicted molar refractivity (Wildman–Crippen MR) is 90.8 cm³/mol. The van der Waals surface area contributed by atoms with E-state index in [2.05, 4.69) is 65.1 Å². The first-order valence-electron chi connectivity index (χ1n) is 6.98. The lowest BCUT2D eigenvalue weighted by molar-refractivity contribution is 0.424. The van der Waals surface area contributed by atoms with E-state index in [1.807, 2.05) is 0 Å². The molecule has 1 N–H and O–H groups in total. The van der Waals surface area contributed by atoms with Crippen molar-refractivity contribution in [3.63, 3.8) is 0 Å². The Morgan fingerprint density at radius 2 is 1.95 bits per heavy atom. The molecule has 0 amide bonds. The standard InChI is InChI=1S/C15H23BrN2OS/c1-15(2,3)17-11-12-4-5-13(10-14(12)16)18-6-8-20(19)9-7-18/h4-5,10,17H,6-9,11H2,1-3H3. The fraction of sp³-hybridized carbons (Fsp3) is 0.600. The molecular formula is C15H23BrN2OS. The van der Waals surface area contributed by atoms with Crippen LogP contribution in [0.25, 0.3) is 0 Å². The van der Waals surface area contributed by atoms with E-state index in [9.17, 15) is 4.21 Å². The monoisotopic (exact) mass is 358 g/mol. The van der Waals surface area contributed by atoms with Crippen molar-refractivity contribution in [3.05, 3.63) is 28.2 Å². The molecule has 1 saturated heterocycles. The van der Waals surface area contributed by atoms with E-state index in [1.54, 1.807) is 0 Å². The fourth-order valence-corrected chi connectivity index (χ4v) is 3.69. The molecule has 1 aliphatic rings. The van der Waals surface area contributed by atoms with Crippen molar-refractivity contribution in [2.24, 2.45) is 0 Å². The molecule has 1 aromatic carbocycles. The van der Waals surface area contributed by atoms with Crippen LogP contribution in [0.4, 0.5) is 5.69 Å². The van der Waals surface area contributed by atoms with Gasteiger partial charge < -0.3 is 10.2 Å². The highest BCUT2D eigenvalue weighted by molar-refractivity contribution is 9.10. The van der Waals surface area contributed by atoms with Gasteiger partial charge in [-0.2, -0.15) is 0 Å². The van der Waals surface area contributed by atoms with Gasteiger partial charge in [-0.25, -0.2) is 0 Å². The van der Waals surface area contributed by atoms with Crippen LogP contribution in [-0.4, -0.2) is 34.3 Å². The third-order valence-electron chi connectivity index (χ3n) is 3.39. The number of benzene rings is 1. The van der Waals surface area contributed by atoms with Crippen LogP contribution in [-0.2, 0) is 17.3 Å². The largest absolute Gasteiger partial charge is 0.370 e. The van der Waals surface area contributed by atoms with Crippen molar-refractivity contribution >= 4 is 32.4 Å². The zero-order chi connectivity index (χ0) is 14.8. The molecule has 0 saturated carbocycles. The highest BCUT2D eigenvalue weighted by Crippen LogP contribution is 2.25. The fourth-order valence-electron chi connectivity index (χ4n) is 2.13. The molecule has 112 valence electrons. The first-order chi connectivity index (χ1) is 9.35. The summed E-state index contributed by atoms with van der Waals surface area (Å²) in [4.78, 5) is 2.31. The smallest absolute Gasteiger partial charge is 0.0411 e. The van der Waals surface area contributed by atoms with E-state index in [4.69, 9.17) is 0 Å². The van der Waals surface area contributed by atoms with Crippen molar-refractivity contribution in [2.75, 3.05) is 29.5 Å². The normalized spacial score (nSPS) is 17.5. The molecule has 3 nitrogen and oxygen atoms in total. The van der Waals surface area contributed by atoms with Crippen molar-refractivity contribution in [2.45, 2.75) is 32.9 Å².